The van der Waals surface area contributed by atoms with Crippen molar-refractivity contribution in [3.05, 3.63) is 40.1 Å². The van der Waals surface area contributed by atoms with Gasteiger partial charge in [-0.25, -0.2) is 14.3 Å². The van der Waals surface area contributed by atoms with Crippen LogP contribution in [0.5, 0.6) is 0 Å². The van der Waals surface area contributed by atoms with E-state index in [1.165, 1.54) is 17.8 Å². The topological polar surface area (TPSA) is 62.7 Å². The number of benzene rings is 1. The number of nitrogens with one attached hydrogen (secondary N) is 2. The Labute approximate surface area is 127 Å². The average Bonchev–Trinajstić information content (AvgIpc) is 2.79. The summed E-state index contributed by atoms with van der Waals surface area (Å²) in [6.45, 7) is 7.00. The third-order valence-electron chi connectivity index (χ3n) is 3.02. The predicted molar refractivity (Wildman–Crippen MR) is 81.1 cm³/mol. The van der Waals surface area contributed by atoms with E-state index in [9.17, 15) is 9.18 Å². The highest BCUT2D eigenvalue weighted by molar-refractivity contribution is 7.99. The number of hydrogen-bond acceptors (Lipinski definition) is 4. The average molecular weight is 310 g/mol. The Kier molecular flexibility index (Phi) is 5.19. The first-order valence-corrected chi connectivity index (χ1v) is 7.69. The van der Waals surface area contributed by atoms with Gasteiger partial charge in [-0.1, -0.05) is 13.0 Å². The molecule has 5 nitrogen and oxygen atoms in total. The van der Waals surface area contributed by atoms with Gasteiger partial charge in [0.1, 0.15) is 5.82 Å². The second-order valence-corrected chi connectivity index (χ2v) is 5.88. The summed E-state index contributed by atoms with van der Waals surface area (Å²) in [5.41, 5.74) is 0.340. The summed E-state index contributed by atoms with van der Waals surface area (Å²) in [4.78, 5) is 12.5. The Balaban J connectivity index is 2.36. The van der Waals surface area contributed by atoms with E-state index in [0.717, 1.165) is 11.4 Å². The van der Waals surface area contributed by atoms with Crippen LogP contribution in [-0.2, 0) is 6.54 Å². The smallest absolute Gasteiger partial charge is 0.313 e. The first kappa shape index (κ1) is 15.8. The fraction of sp³-hybridized carbons (Fsp3) is 0.429. The summed E-state index contributed by atoms with van der Waals surface area (Å²) in [6.07, 6.45) is 0. The van der Waals surface area contributed by atoms with Gasteiger partial charge in [0.2, 0.25) is 0 Å². The van der Waals surface area contributed by atoms with Crippen molar-refractivity contribution in [2.45, 2.75) is 43.4 Å². The van der Waals surface area contributed by atoms with Crippen LogP contribution < -0.4 is 11.0 Å². The number of hydrogen-bond donors (Lipinski definition) is 2. The maximum absolute atomic E-state index is 14.0. The van der Waals surface area contributed by atoms with E-state index < -0.39 is 0 Å². The summed E-state index contributed by atoms with van der Waals surface area (Å²) < 4.78 is 15.6. The van der Waals surface area contributed by atoms with Crippen LogP contribution in [0.25, 0.3) is 0 Å². The zero-order chi connectivity index (χ0) is 15.4. The molecular weight excluding hydrogens is 291 g/mol. The van der Waals surface area contributed by atoms with Gasteiger partial charge in [-0.2, -0.15) is 0 Å². The van der Waals surface area contributed by atoms with Crippen molar-refractivity contribution in [2.24, 2.45) is 0 Å². The zero-order valence-corrected chi connectivity index (χ0v) is 13.1. The monoisotopic (exact) mass is 310 g/mol. The quantitative estimate of drug-likeness (QED) is 0.861. The highest BCUT2D eigenvalue weighted by Crippen LogP contribution is 2.30. The van der Waals surface area contributed by atoms with Crippen molar-refractivity contribution in [1.82, 2.24) is 20.1 Å². The highest BCUT2D eigenvalue weighted by Gasteiger charge is 2.16. The third kappa shape index (κ3) is 3.54. The molecule has 2 aromatic rings. The molecule has 0 radical (unpaired) electrons. The Morgan fingerprint density at radius 2 is 2.24 bits per heavy atom. The van der Waals surface area contributed by atoms with Crippen LogP contribution in [0.4, 0.5) is 4.39 Å². The lowest BCUT2D eigenvalue weighted by Crippen LogP contribution is -2.19. The van der Waals surface area contributed by atoms with Crippen LogP contribution in [0, 0.1) is 5.82 Å². The van der Waals surface area contributed by atoms with E-state index in [4.69, 9.17) is 0 Å². The first-order valence-electron chi connectivity index (χ1n) is 6.87. The van der Waals surface area contributed by atoms with Gasteiger partial charge in [0.05, 0.1) is 0 Å². The van der Waals surface area contributed by atoms with Crippen molar-refractivity contribution >= 4 is 11.8 Å². The minimum absolute atomic E-state index is 0.00970. The first-order chi connectivity index (χ1) is 10.0. The highest BCUT2D eigenvalue weighted by atomic mass is 32.2. The van der Waals surface area contributed by atoms with E-state index in [1.807, 2.05) is 26.8 Å². The molecule has 7 heteroatoms. The largest absolute Gasteiger partial charge is 0.344 e. The number of aromatic nitrogens is 3. The van der Waals surface area contributed by atoms with Crippen LogP contribution in [-0.4, -0.2) is 21.3 Å². The second kappa shape index (κ2) is 6.91. The molecule has 0 fully saturated rings. The maximum Gasteiger partial charge on any atom is 0.344 e. The molecule has 0 aliphatic carbocycles. The van der Waals surface area contributed by atoms with E-state index in [-0.39, 0.29) is 17.5 Å². The molecule has 0 saturated carbocycles. The van der Waals surface area contributed by atoms with Gasteiger partial charge in [0.25, 0.3) is 0 Å². The molecule has 0 unspecified atom stereocenters. The molecule has 0 saturated heterocycles. The third-order valence-corrected chi connectivity index (χ3v) is 4.09. The maximum atomic E-state index is 14.0. The van der Waals surface area contributed by atoms with Gasteiger partial charge in [0.15, 0.2) is 5.16 Å². The summed E-state index contributed by atoms with van der Waals surface area (Å²) in [5, 5.41) is 10.1. The van der Waals surface area contributed by atoms with Gasteiger partial charge in [0, 0.05) is 23.0 Å². The van der Waals surface area contributed by atoms with Crippen molar-refractivity contribution in [2.75, 3.05) is 6.54 Å². The molecule has 0 bridgehead atoms. The van der Waals surface area contributed by atoms with Crippen molar-refractivity contribution in [3.63, 3.8) is 0 Å². The number of nitrogens with zero attached hydrogens (tertiary/aromatic N) is 2. The van der Waals surface area contributed by atoms with E-state index >= 15 is 0 Å². The van der Waals surface area contributed by atoms with Crippen LogP contribution >= 0.6 is 11.8 Å². The molecule has 1 aromatic carbocycles. The molecule has 0 amide bonds. The summed E-state index contributed by atoms with van der Waals surface area (Å²) >= 11 is 1.30. The zero-order valence-electron chi connectivity index (χ0n) is 12.3. The van der Waals surface area contributed by atoms with Gasteiger partial charge < -0.3 is 5.32 Å². The molecule has 0 atom stereocenters. The lowest BCUT2D eigenvalue weighted by atomic mass is 10.2. The molecule has 0 aliphatic rings. The molecule has 0 spiro atoms. The van der Waals surface area contributed by atoms with Crippen LogP contribution in [0.2, 0.25) is 0 Å². The van der Waals surface area contributed by atoms with Crippen molar-refractivity contribution in [1.29, 1.82) is 0 Å². The lowest BCUT2D eigenvalue weighted by Gasteiger charge is -2.12. The molecule has 1 aromatic heterocycles. The van der Waals surface area contributed by atoms with Gasteiger partial charge in [-0.15, -0.1) is 5.10 Å². The Bertz CT molecular complexity index is 665. The SMILES string of the molecule is CCNCc1c(F)cccc1Sc1n[nH]c(=O)n1C(C)C. The van der Waals surface area contributed by atoms with E-state index in [2.05, 4.69) is 15.5 Å². The van der Waals surface area contributed by atoms with Crippen molar-refractivity contribution in [3.8, 4) is 0 Å². The standard InChI is InChI=1S/C14H19FN4OS/c1-4-16-8-10-11(15)6-5-7-12(10)21-14-18-17-13(20)19(14)9(2)3/h5-7,9,16H,4,8H2,1-3H3,(H,17,20). The second-order valence-electron chi connectivity index (χ2n) is 4.87. The normalized spacial score (nSPS) is 11.3. The Hall–Kier alpha value is -1.60. The Morgan fingerprint density at radius 3 is 2.90 bits per heavy atom. The lowest BCUT2D eigenvalue weighted by molar-refractivity contribution is 0.533. The summed E-state index contributed by atoms with van der Waals surface area (Å²) in [7, 11) is 0. The molecule has 0 aliphatic heterocycles. The molecule has 114 valence electrons. The minimum Gasteiger partial charge on any atom is -0.313 e. The van der Waals surface area contributed by atoms with Gasteiger partial charge >= 0.3 is 5.69 Å². The fourth-order valence-corrected chi connectivity index (χ4v) is 3.09. The Morgan fingerprint density at radius 1 is 1.48 bits per heavy atom. The van der Waals surface area contributed by atoms with Gasteiger partial charge in [-0.3, -0.25) is 4.57 Å². The number of rotatable bonds is 6. The van der Waals surface area contributed by atoms with E-state index in [0.29, 0.717) is 17.3 Å². The van der Waals surface area contributed by atoms with Gasteiger partial charge in [-0.05, 0) is 44.3 Å². The van der Waals surface area contributed by atoms with Crippen LogP contribution in [0.1, 0.15) is 32.4 Å². The predicted octanol–water partition coefficient (Wildman–Crippen LogP) is 2.55. The van der Waals surface area contributed by atoms with Crippen LogP contribution in [0.3, 0.4) is 0 Å². The minimum atomic E-state index is -0.255. The summed E-state index contributed by atoms with van der Waals surface area (Å²) in [6, 6.07) is 4.93. The van der Waals surface area contributed by atoms with Crippen LogP contribution in [0.15, 0.2) is 33.0 Å². The van der Waals surface area contributed by atoms with Crippen molar-refractivity contribution < 1.29 is 4.39 Å². The molecule has 2 N–H and O–H groups in total. The molecule has 2 rings (SSSR count). The number of halogens is 1. The fourth-order valence-electron chi connectivity index (χ4n) is 1.97. The molecule has 21 heavy (non-hydrogen) atoms. The molecule has 1 heterocycles. The molecular formula is C14H19FN4OS. The number of aromatic amines is 1. The number of H-pyrrole nitrogens is 1. The van der Waals surface area contributed by atoms with E-state index in [1.54, 1.807) is 10.6 Å². The summed E-state index contributed by atoms with van der Waals surface area (Å²) in [5.74, 6) is -0.255.